The average molecular weight is 391 g/mol. The van der Waals surface area contributed by atoms with Gasteiger partial charge in [-0.1, -0.05) is 12.1 Å². The first-order chi connectivity index (χ1) is 14.2. The number of imidazole rings is 1. The van der Waals surface area contributed by atoms with Gasteiger partial charge in [0.25, 0.3) is 0 Å². The number of rotatable bonds is 4. The first kappa shape index (κ1) is 18.6. The van der Waals surface area contributed by atoms with Crippen molar-refractivity contribution in [3.05, 3.63) is 48.0 Å². The lowest BCUT2D eigenvalue weighted by molar-refractivity contribution is 0.104. The normalized spacial score (nSPS) is 14.8. The molecule has 1 aliphatic rings. The summed E-state index contributed by atoms with van der Waals surface area (Å²) in [6, 6.07) is 13.5. The monoisotopic (exact) mass is 391 g/mol. The maximum atomic E-state index is 11.8. The zero-order chi connectivity index (χ0) is 20.2. The van der Waals surface area contributed by atoms with Gasteiger partial charge in [0.05, 0.1) is 23.2 Å². The highest BCUT2D eigenvalue weighted by molar-refractivity contribution is 5.89. The number of carbonyl (C=O) groups excluding carboxylic acids is 1. The number of para-hydroxylation sites is 2. The van der Waals surface area contributed by atoms with Crippen molar-refractivity contribution >= 4 is 34.7 Å². The van der Waals surface area contributed by atoms with Gasteiger partial charge in [0.15, 0.2) is 5.88 Å². The third kappa shape index (κ3) is 3.94. The SMILES string of the molecule is CCOC(=O)N1CCN(c2ccc(/C=C(\C#N)c3nc4ccccc4[nH]3)o2)CC1. The fourth-order valence-corrected chi connectivity index (χ4v) is 3.29. The summed E-state index contributed by atoms with van der Waals surface area (Å²) in [5.41, 5.74) is 2.08. The number of fused-ring (bicyclic) bond motifs is 1. The van der Waals surface area contributed by atoms with Gasteiger partial charge < -0.3 is 23.9 Å². The number of nitrogens with one attached hydrogen (secondary N) is 1. The van der Waals surface area contributed by atoms with Gasteiger partial charge in [-0.2, -0.15) is 5.26 Å². The smallest absolute Gasteiger partial charge is 0.409 e. The molecular weight excluding hydrogens is 370 g/mol. The van der Waals surface area contributed by atoms with Crippen LogP contribution >= 0.6 is 0 Å². The average Bonchev–Trinajstić information content (AvgIpc) is 3.39. The Labute approximate surface area is 168 Å². The van der Waals surface area contributed by atoms with E-state index in [1.54, 1.807) is 17.9 Å². The highest BCUT2D eigenvalue weighted by Gasteiger charge is 2.23. The third-order valence-electron chi connectivity index (χ3n) is 4.78. The molecule has 4 rings (SSSR count). The molecule has 148 valence electrons. The number of aromatic nitrogens is 2. The number of H-pyrrole nitrogens is 1. The number of ether oxygens (including phenoxy) is 1. The van der Waals surface area contributed by atoms with Crippen molar-refractivity contribution in [2.45, 2.75) is 6.92 Å². The van der Waals surface area contributed by atoms with Crippen LogP contribution in [0.5, 0.6) is 0 Å². The highest BCUT2D eigenvalue weighted by Crippen LogP contribution is 2.24. The van der Waals surface area contributed by atoms with Crippen molar-refractivity contribution in [1.82, 2.24) is 14.9 Å². The van der Waals surface area contributed by atoms with Crippen LogP contribution in [-0.4, -0.2) is 53.7 Å². The lowest BCUT2D eigenvalue weighted by atomic mass is 10.2. The Kier molecular flexibility index (Phi) is 5.20. The van der Waals surface area contributed by atoms with Gasteiger partial charge in [-0.05, 0) is 25.1 Å². The standard InChI is InChI=1S/C21H21N5O3/c1-2-28-21(27)26-11-9-25(10-12-26)19-8-7-16(29-19)13-15(14-22)20-23-17-5-3-4-6-18(17)24-20/h3-8,13H,2,9-12H2,1H3,(H,23,24)/b15-13+. The predicted molar refractivity (Wildman–Crippen MR) is 109 cm³/mol. The lowest BCUT2D eigenvalue weighted by Gasteiger charge is -2.33. The van der Waals surface area contributed by atoms with E-state index in [4.69, 9.17) is 9.15 Å². The molecule has 1 aliphatic heterocycles. The van der Waals surface area contributed by atoms with Crippen molar-refractivity contribution in [1.29, 1.82) is 5.26 Å². The number of nitriles is 1. The number of allylic oxidation sites excluding steroid dienone is 1. The number of carbonyl (C=O) groups is 1. The molecule has 1 fully saturated rings. The van der Waals surface area contributed by atoms with Crippen molar-refractivity contribution in [2.24, 2.45) is 0 Å². The second-order valence-corrected chi connectivity index (χ2v) is 6.62. The minimum absolute atomic E-state index is 0.278. The van der Waals surface area contributed by atoms with Gasteiger partial charge in [0.1, 0.15) is 17.7 Å². The number of furan rings is 1. The number of anilines is 1. The fraction of sp³-hybridized carbons (Fsp3) is 0.286. The Morgan fingerprint density at radius 2 is 2.07 bits per heavy atom. The number of hydrogen-bond acceptors (Lipinski definition) is 6. The molecule has 29 heavy (non-hydrogen) atoms. The van der Waals surface area contributed by atoms with Crippen molar-refractivity contribution in [3.8, 4) is 6.07 Å². The largest absolute Gasteiger partial charge is 0.450 e. The van der Waals surface area contributed by atoms with Crippen LogP contribution in [0.1, 0.15) is 18.5 Å². The minimum atomic E-state index is -0.278. The number of piperazine rings is 1. The Hall–Kier alpha value is -3.73. The van der Waals surface area contributed by atoms with Crippen molar-refractivity contribution in [3.63, 3.8) is 0 Å². The predicted octanol–water partition coefficient (Wildman–Crippen LogP) is 3.50. The molecule has 1 saturated heterocycles. The fourth-order valence-electron chi connectivity index (χ4n) is 3.29. The minimum Gasteiger partial charge on any atom is -0.450 e. The van der Waals surface area contributed by atoms with Crippen LogP contribution in [0.2, 0.25) is 0 Å². The molecule has 0 bridgehead atoms. The van der Waals surface area contributed by atoms with Gasteiger partial charge in [-0.3, -0.25) is 0 Å². The molecule has 0 aliphatic carbocycles. The summed E-state index contributed by atoms with van der Waals surface area (Å²) >= 11 is 0. The molecule has 0 radical (unpaired) electrons. The maximum Gasteiger partial charge on any atom is 0.409 e. The number of benzene rings is 1. The van der Waals surface area contributed by atoms with Crippen LogP contribution in [-0.2, 0) is 4.74 Å². The van der Waals surface area contributed by atoms with E-state index in [0.29, 0.717) is 55.8 Å². The molecule has 1 aromatic carbocycles. The maximum absolute atomic E-state index is 11.8. The summed E-state index contributed by atoms with van der Waals surface area (Å²) in [6.45, 7) is 4.64. The molecule has 0 atom stereocenters. The first-order valence-corrected chi connectivity index (χ1v) is 9.51. The van der Waals surface area contributed by atoms with Gasteiger partial charge >= 0.3 is 6.09 Å². The summed E-state index contributed by atoms with van der Waals surface area (Å²) in [5.74, 6) is 1.79. The molecule has 8 nitrogen and oxygen atoms in total. The van der Waals surface area contributed by atoms with Crippen molar-refractivity contribution in [2.75, 3.05) is 37.7 Å². The van der Waals surface area contributed by atoms with E-state index in [1.807, 2.05) is 36.4 Å². The number of hydrogen-bond donors (Lipinski definition) is 1. The molecule has 3 heterocycles. The Morgan fingerprint density at radius 1 is 1.28 bits per heavy atom. The van der Waals surface area contributed by atoms with Gasteiger partial charge in [0, 0.05) is 38.3 Å². The molecule has 1 amide bonds. The first-order valence-electron chi connectivity index (χ1n) is 9.51. The van der Waals surface area contributed by atoms with E-state index in [9.17, 15) is 10.1 Å². The van der Waals surface area contributed by atoms with Crippen LogP contribution in [0.25, 0.3) is 22.7 Å². The summed E-state index contributed by atoms with van der Waals surface area (Å²) in [4.78, 5) is 23.2. The molecule has 3 aromatic rings. The molecule has 1 N–H and O–H groups in total. The third-order valence-corrected chi connectivity index (χ3v) is 4.78. The molecular formula is C21H21N5O3. The summed E-state index contributed by atoms with van der Waals surface area (Å²) in [7, 11) is 0. The summed E-state index contributed by atoms with van der Waals surface area (Å²) < 4.78 is 11.0. The Balaban J connectivity index is 1.47. The lowest BCUT2D eigenvalue weighted by Crippen LogP contribution is -2.48. The topological polar surface area (TPSA) is 98.4 Å². The van der Waals surface area contributed by atoms with E-state index >= 15 is 0 Å². The van der Waals surface area contributed by atoms with Gasteiger partial charge in [-0.25, -0.2) is 9.78 Å². The van der Waals surface area contributed by atoms with E-state index in [0.717, 1.165) is 11.0 Å². The summed E-state index contributed by atoms with van der Waals surface area (Å²) in [5, 5.41) is 9.57. The number of nitrogens with zero attached hydrogens (tertiary/aromatic N) is 4. The van der Waals surface area contributed by atoms with Crippen LogP contribution < -0.4 is 4.90 Å². The Morgan fingerprint density at radius 3 is 2.79 bits per heavy atom. The Bertz CT molecular complexity index is 1050. The zero-order valence-electron chi connectivity index (χ0n) is 16.1. The molecule has 2 aromatic heterocycles. The second kappa shape index (κ2) is 8.10. The van der Waals surface area contributed by atoms with Crippen LogP contribution in [0.15, 0.2) is 40.8 Å². The van der Waals surface area contributed by atoms with E-state index in [-0.39, 0.29) is 6.09 Å². The van der Waals surface area contributed by atoms with Crippen molar-refractivity contribution < 1.29 is 13.9 Å². The summed E-state index contributed by atoms with van der Waals surface area (Å²) in [6.07, 6.45) is 1.40. The highest BCUT2D eigenvalue weighted by atomic mass is 16.6. The molecule has 0 saturated carbocycles. The van der Waals surface area contributed by atoms with E-state index in [1.165, 1.54) is 0 Å². The van der Waals surface area contributed by atoms with Crippen LogP contribution in [0, 0.1) is 11.3 Å². The van der Waals surface area contributed by atoms with Crippen LogP contribution in [0.4, 0.5) is 10.7 Å². The zero-order valence-corrected chi connectivity index (χ0v) is 16.1. The number of amides is 1. The molecule has 8 heteroatoms. The van der Waals surface area contributed by atoms with Gasteiger partial charge in [-0.15, -0.1) is 0 Å². The number of aromatic amines is 1. The molecule has 0 spiro atoms. The molecule has 0 unspecified atom stereocenters. The van der Waals surface area contributed by atoms with Gasteiger partial charge in [0.2, 0.25) is 0 Å². The van der Waals surface area contributed by atoms with E-state index < -0.39 is 0 Å². The van der Waals surface area contributed by atoms with Crippen LogP contribution in [0.3, 0.4) is 0 Å². The quantitative estimate of drug-likeness (QED) is 0.684. The van der Waals surface area contributed by atoms with E-state index in [2.05, 4.69) is 20.9 Å². The second-order valence-electron chi connectivity index (χ2n) is 6.62.